The van der Waals surface area contributed by atoms with Gasteiger partial charge in [-0.05, 0) is 108 Å². The molecule has 2 aromatic heterocycles. The molecule has 2 heterocycles. The summed E-state index contributed by atoms with van der Waals surface area (Å²) in [7, 11) is 0. The molecule has 0 saturated carbocycles. The summed E-state index contributed by atoms with van der Waals surface area (Å²) in [6.45, 7) is 0. The largest absolute Gasteiger partial charge is 0.455 e. The van der Waals surface area contributed by atoms with Crippen LogP contribution in [0.3, 0.4) is 0 Å². The fourth-order valence-electron chi connectivity index (χ4n) is 9.88. The van der Waals surface area contributed by atoms with E-state index in [4.69, 9.17) is 19.4 Å². The Hall–Kier alpha value is -9.25. The Labute approximate surface area is 399 Å². The Morgan fingerprint density at radius 3 is 1.35 bits per heavy atom. The summed E-state index contributed by atoms with van der Waals surface area (Å²) in [5.41, 5.74) is 15.7. The molecule has 0 radical (unpaired) electrons. The van der Waals surface area contributed by atoms with E-state index >= 15 is 0 Å². The lowest BCUT2D eigenvalue weighted by atomic mass is 9.92. The average Bonchev–Trinajstić information content (AvgIpc) is 3.82. The third-order valence-corrected chi connectivity index (χ3v) is 13.3. The second-order valence-corrected chi connectivity index (χ2v) is 17.5. The Kier molecular flexibility index (Phi) is 9.80. The van der Waals surface area contributed by atoms with Crippen molar-refractivity contribution in [3.05, 3.63) is 249 Å². The van der Waals surface area contributed by atoms with Crippen LogP contribution in [0.15, 0.2) is 253 Å². The van der Waals surface area contributed by atoms with Crippen LogP contribution in [0.25, 0.3) is 133 Å². The van der Waals surface area contributed by atoms with Crippen LogP contribution in [0, 0.1) is 0 Å². The fraction of sp³-hybridized carbons (Fsp3) is 0. The predicted octanol–water partition coefficient (Wildman–Crippen LogP) is 17.4. The van der Waals surface area contributed by atoms with E-state index in [9.17, 15) is 0 Å². The lowest BCUT2D eigenvalue weighted by Gasteiger charge is -2.13. The van der Waals surface area contributed by atoms with Gasteiger partial charge in [0.05, 0.1) is 0 Å². The number of nitrogens with zero attached hydrogens (tertiary/aromatic N) is 3. The van der Waals surface area contributed by atoms with E-state index < -0.39 is 0 Å². The van der Waals surface area contributed by atoms with Gasteiger partial charge in [0.1, 0.15) is 11.2 Å². The zero-order valence-electron chi connectivity index (χ0n) is 37.4. The molecule has 0 aliphatic rings. The highest BCUT2D eigenvalue weighted by Gasteiger charge is 2.17. The maximum Gasteiger partial charge on any atom is 0.164 e. The molecule has 0 unspecified atom stereocenters. The molecule has 11 aromatic carbocycles. The molecule has 69 heavy (non-hydrogen) atoms. The highest BCUT2D eigenvalue weighted by molar-refractivity contribution is 6.14. The van der Waals surface area contributed by atoms with Crippen LogP contribution in [-0.2, 0) is 0 Å². The van der Waals surface area contributed by atoms with Gasteiger partial charge in [-0.2, -0.15) is 0 Å². The molecule has 0 bridgehead atoms. The number of furan rings is 1. The summed E-state index contributed by atoms with van der Waals surface area (Å²) in [6.07, 6.45) is 0. The Balaban J connectivity index is 0.917. The maximum atomic E-state index is 6.45. The standard InChI is InChI=1S/C65H41N3O/c1-2-15-42(16-3-1)45-18-10-19-46(37-45)43-33-35-44(36-34-43)63-66-64(68-65(67-63)53-25-13-23-50(40-53)60-41-51-17-4-5-26-54(51)56-27-6-7-28-57(56)60)52-24-12-21-48(39-52)47-20-11-22-49(38-47)55-30-14-31-59-58-29-8-9-32-61(58)69-62(55)59/h1-41H. The fourth-order valence-corrected chi connectivity index (χ4v) is 9.88. The highest BCUT2D eigenvalue weighted by atomic mass is 16.3. The molecule has 0 aliphatic carbocycles. The summed E-state index contributed by atoms with van der Waals surface area (Å²) in [5.74, 6) is 1.81. The Bertz CT molecular complexity index is 4080. The number of hydrogen-bond donors (Lipinski definition) is 0. The van der Waals surface area contributed by atoms with Gasteiger partial charge in [0.25, 0.3) is 0 Å². The van der Waals surface area contributed by atoms with E-state index in [1.54, 1.807) is 0 Å². The van der Waals surface area contributed by atoms with Gasteiger partial charge in [-0.15, -0.1) is 0 Å². The molecule has 4 nitrogen and oxygen atoms in total. The molecule has 0 amide bonds. The third-order valence-electron chi connectivity index (χ3n) is 13.3. The van der Waals surface area contributed by atoms with Crippen LogP contribution in [-0.4, -0.2) is 15.0 Å². The first-order valence-electron chi connectivity index (χ1n) is 23.3. The molecule has 322 valence electrons. The van der Waals surface area contributed by atoms with Crippen molar-refractivity contribution in [1.29, 1.82) is 0 Å². The van der Waals surface area contributed by atoms with E-state index in [2.05, 4.69) is 237 Å². The van der Waals surface area contributed by atoms with E-state index in [0.29, 0.717) is 17.5 Å². The van der Waals surface area contributed by atoms with Crippen molar-refractivity contribution in [2.75, 3.05) is 0 Å². The van der Waals surface area contributed by atoms with Gasteiger partial charge in [0, 0.05) is 33.0 Å². The number of hydrogen-bond acceptors (Lipinski definition) is 4. The minimum Gasteiger partial charge on any atom is -0.455 e. The summed E-state index contributed by atoms with van der Waals surface area (Å²) < 4.78 is 6.45. The van der Waals surface area contributed by atoms with Gasteiger partial charge in [-0.25, -0.2) is 15.0 Å². The minimum atomic E-state index is 0.598. The van der Waals surface area contributed by atoms with Crippen LogP contribution in [0.5, 0.6) is 0 Å². The summed E-state index contributed by atoms with van der Waals surface area (Å²) >= 11 is 0. The second kappa shape index (κ2) is 16.9. The molecular formula is C65H41N3O. The normalized spacial score (nSPS) is 11.5. The van der Waals surface area contributed by atoms with Gasteiger partial charge in [0.15, 0.2) is 17.5 Å². The van der Waals surface area contributed by atoms with Crippen molar-refractivity contribution in [3.63, 3.8) is 0 Å². The molecule has 13 aromatic rings. The first kappa shape index (κ1) is 40.1. The quantitative estimate of drug-likeness (QED) is 0.143. The van der Waals surface area contributed by atoms with Crippen molar-refractivity contribution in [3.8, 4) is 89.8 Å². The molecular weight excluding hydrogens is 839 g/mol. The van der Waals surface area contributed by atoms with Crippen LogP contribution in [0.1, 0.15) is 0 Å². The number of benzene rings is 11. The minimum absolute atomic E-state index is 0.598. The van der Waals surface area contributed by atoms with Crippen LogP contribution >= 0.6 is 0 Å². The van der Waals surface area contributed by atoms with Gasteiger partial charge >= 0.3 is 0 Å². The number of aromatic nitrogens is 3. The third kappa shape index (κ3) is 7.41. The summed E-state index contributed by atoms with van der Waals surface area (Å²) in [5, 5.41) is 7.11. The average molecular weight is 880 g/mol. The first-order valence-corrected chi connectivity index (χ1v) is 23.3. The van der Waals surface area contributed by atoms with E-state index in [1.807, 2.05) is 12.1 Å². The highest BCUT2D eigenvalue weighted by Crippen LogP contribution is 2.39. The summed E-state index contributed by atoms with van der Waals surface area (Å²) in [4.78, 5) is 15.7. The maximum absolute atomic E-state index is 6.45. The van der Waals surface area contributed by atoms with E-state index in [1.165, 1.54) is 38.2 Å². The van der Waals surface area contributed by atoms with Crippen LogP contribution < -0.4 is 0 Å². The van der Waals surface area contributed by atoms with Crippen molar-refractivity contribution < 1.29 is 4.42 Å². The SMILES string of the molecule is c1ccc(-c2cccc(-c3ccc(-c4nc(-c5cccc(-c6cccc(-c7cccc8c7oc7ccccc78)c6)c5)nc(-c5cccc(-c6cc7ccccc7c7ccccc67)c5)n4)cc3)c2)cc1. The van der Waals surface area contributed by atoms with Crippen molar-refractivity contribution in [1.82, 2.24) is 15.0 Å². The molecule has 0 N–H and O–H groups in total. The van der Waals surface area contributed by atoms with Gasteiger partial charge in [0.2, 0.25) is 0 Å². The lowest BCUT2D eigenvalue weighted by Crippen LogP contribution is -2.00. The molecule has 0 aliphatic heterocycles. The van der Waals surface area contributed by atoms with Crippen molar-refractivity contribution >= 4 is 43.5 Å². The first-order chi connectivity index (χ1) is 34.2. The van der Waals surface area contributed by atoms with Crippen LogP contribution in [0.4, 0.5) is 0 Å². The van der Waals surface area contributed by atoms with Crippen LogP contribution in [0.2, 0.25) is 0 Å². The zero-order valence-corrected chi connectivity index (χ0v) is 37.4. The monoisotopic (exact) mass is 879 g/mol. The Morgan fingerprint density at radius 1 is 0.232 bits per heavy atom. The van der Waals surface area contributed by atoms with E-state index in [0.717, 1.165) is 77.6 Å². The number of para-hydroxylation sites is 2. The predicted molar refractivity (Wildman–Crippen MR) is 286 cm³/mol. The molecule has 4 heteroatoms. The molecule has 0 saturated heterocycles. The van der Waals surface area contributed by atoms with Gasteiger partial charge in [-0.1, -0.05) is 212 Å². The van der Waals surface area contributed by atoms with Crippen molar-refractivity contribution in [2.45, 2.75) is 0 Å². The molecule has 0 atom stereocenters. The van der Waals surface area contributed by atoms with E-state index in [-0.39, 0.29) is 0 Å². The Morgan fingerprint density at radius 2 is 0.652 bits per heavy atom. The number of fused-ring (bicyclic) bond motifs is 6. The van der Waals surface area contributed by atoms with Gasteiger partial charge in [-0.3, -0.25) is 0 Å². The zero-order chi connectivity index (χ0) is 45.7. The van der Waals surface area contributed by atoms with Crippen molar-refractivity contribution in [2.24, 2.45) is 0 Å². The number of rotatable bonds is 8. The molecule has 0 spiro atoms. The molecule has 0 fully saturated rings. The lowest BCUT2D eigenvalue weighted by molar-refractivity contribution is 0.670. The topological polar surface area (TPSA) is 51.8 Å². The smallest absolute Gasteiger partial charge is 0.164 e. The molecule has 13 rings (SSSR count). The second-order valence-electron chi connectivity index (χ2n) is 17.5. The summed E-state index contributed by atoms with van der Waals surface area (Å²) in [6, 6.07) is 87.7. The van der Waals surface area contributed by atoms with Gasteiger partial charge < -0.3 is 4.42 Å².